The highest BCUT2D eigenvalue weighted by Crippen LogP contribution is 2.24. The molecule has 7 nitrogen and oxygen atoms in total. The smallest absolute Gasteiger partial charge is 0.246 e. The van der Waals surface area contributed by atoms with Crippen LogP contribution in [0.2, 0.25) is 0 Å². The summed E-state index contributed by atoms with van der Waals surface area (Å²) in [6.45, 7) is 8.27. The van der Waals surface area contributed by atoms with Gasteiger partial charge in [0.15, 0.2) is 0 Å². The van der Waals surface area contributed by atoms with Gasteiger partial charge in [0.1, 0.15) is 4.90 Å². The van der Waals surface area contributed by atoms with E-state index in [1.165, 1.54) is 6.20 Å². The van der Waals surface area contributed by atoms with E-state index in [0.717, 1.165) is 45.7 Å². The quantitative estimate of drug-likeness (QED) is 0.785. The number of hydrogen-bond acceptors (Lipinski definition) is 5. The van der Waals surface area contributed by atoms with Gasteiger partial charge in [-0.1, -0.05) is 0 Å². The summed E-state index contributed by atoms with van der Waals surface area (Å²) in [7, 11) is -3.42. The summed E-state index contributed by atoms with van der Waals surface area (Å²) in [6.07, 6.45) is 5.11. The predicted octanol–water partition coefficient (Wildman–Crippen LogP) is 0.636. The first-order valence-corrected chi connectivity index (χ1v) is 9.86. The van der Waals surface area contributed by atoms with E-state index < -0.39 is 10.0 Å². The third-order valence-corrected chi connectivity index (χ3v) is 6.49. The molecule has 3 rings (SSSR count). The standard InChI is InChI=1S/C15H26N4O3S/c1-2-18-13-15(10-16-18)23(20,21)19-5-3-4-14(12-19)11-17-6-8-22-9-7-17/h10,13-14H,2-9,11-12H2,1H3/t14-/m1/s1. The van der Waals surface area contributed by atoms with E-state index in [9.17, 15) is 8.42 Å². The molecule has 8 heteroatoms. The molecule has 0 N–H and O–H groups in total. The normalized spacial score (nSPS) is 24.8. The van der Waals surface area contributed by atoms with Crippen LogP contribution in [0.5, 0.6) is 0 Å². The lowest BCUT2D eigenvalue weighted by Gasteiger charge is -2.36. The second-order valence-corrected chi connectivity index (χ2v) is 8.25. The highest BCUT2D eigenvalue weighted by molar-refractivity contribution is 7.89. The number of sulfonamides is 1. The molecule has 2 aliphatic rings. The molecule has 3 heterocycles. The molecule has 0 bridgehead atoms. The molecular weight excluding hydrogens is 316 g/mol. The molecule has 0 aromatic carbocycles. The van der Waals surface area contributed by atoms with Gasteiger partial charge in [-0.05, 0) is 25.7 Å². The molecule has 0 saturated carbocycles. The molecule has 0 amide bonds. The van der Waals surface area contributed by atoms with Crippen molar-refractivity contribution in [3.63, 3.8) is 0 Å². The summed E-state index contributed by atoms with van der Waals surface area (Å²) in [6, 6.07) is 0. The van der Waals surface area contributed by atoms with Crippen molar-refractivity contribution in [2.45, 2.75) is 31.2 Å². The fraction of sp³-hybridized carbons (Fsp3) is 0.800. The number of ether oxygens (including phenoxy) is 1. The summed E-state index contributed by atoms with van der Waals surface area (Å²) >= 11 is 0. The van der Waals surface area contributed by atoms with Gasteiger partial charge < -0.3 is 4.74 Å². The number of hydrogen-bond donors (Lipinski definition) is 0. The van der Waals surface area contributed by atoms with E-state index >= 15 is 0 Å². The minimum Gasteiger partial charge on any atom is -0.379 e. The van der Waals surface area contributed by atoms with E-state index in [0.29, 0.717) is 30.4 Å². The average molecular weight is 342 g/mol. The molecule has 130 valence electrons. The SMILES string of the molecule is CCn1cc(S(=O)(=O)N2CCC[C@H](CN3CCOCC3)C2)cn1. The lowest BCUT2D eigenvalue weighted by molar-refractivity contribution is 0.0265. The Balaban J connectivity index is 1.64. The summed E-state index contributed by atoms with van der Waals surface area (Å²) in [5, 5.41) is 4.10. The Kier molecular flexibility index (Phi) is 5.35. The van der Waals surface area contributed by atoms with E-state index in [1.54, 1.807) is 15.2 Å². The van der Waals surface area contributed by atoms with Gasteiger partial charge in [0.25, 0.3) is 0 Å². The summed E-state index contributed by atoms with van der Waals surface area (Å²) in [5.41, 5.74) is 0. The van der Waals surface area contributed by atoms with Gasteiger partial charge in [-0.25, -0.2) is 8.42 Å². The Bertz CT molecular complexity index is 610. The Hall–Kier alpha value is -0.960. The molecule has 0 unspecified atom stereocenters. The van der Waals surface area contributed by atoms with Crippen LogP contribution in [0.15, 0.2) is 17.3 Å². The van der Waals surface area contributed by atoms with E-state index in [-0.39, 0.29) is 0 Å². The summed E-state index contributed by atoms with van der Waals surface area (Å²) in [5.74, 6) is 0.401. The van der Waals surface area contributed by atoms with Crippen LogP contribution in [0, 0.1) is 5.92 Å². The van der Waals surface area contributed by atoms with Crippen LogP contribution >= 0.6 is 0 Å². The van der Waals surface area contributed by atoms with Crippen LogP contribution < -0.4 is 0 Å². The zero-order valence-electron chi connectivity index (χ0n) is 13.7. The Morgan fingerprint density at radius 2 is 2.09 bits per heavy atom. The lowest BCUT2D eigenvalue weighted by atomic mass is 9.99. The highest BCUT2D eigenvalue weighted by atomic mass is 32.2. The minimum atomic E-state index is -3.42. The van der Waals surface area contributed by atoms with Crippen molar-refractivity contribution in [2.75, 3.05) is 45.9 Å². The number of rotatable bonds is 5. The second kappa shape index (κ2) is 7.29. The Morgan fingerprint density at radius 3 is 2.78 bits per heavy atom. The summed E-state index contributed by atoms with van der Waals surface area (Å²) < 4.78 is 34.3. The molecule has 2 aliphatic heterocycles. The van der Waals surface area contributed by atoms with Crippen molar-refractivity contribution in [3.8, 4) is 0 Å². The molecular formula is C15H26N4O3S. The number of aromatic nitrogens is 2. The van der Waals surface area contributed by atoms with Crippen molar-refractivity contribution < 1.29 is 13.2 Å². The topological polar surface area (TPSA) is 67.7 Å². The van der Waals surface area contributed by atoms with Gasteiger partial charge >= 0.3 is 0 Å². The maximum Gasteiger partial charge on any atom is 0.246 e. The maximum absolute atomic E-state index is 12.8. The second-order valence-electron chi connectivity index (χ2n) is 6.32. The van der Waals surface area contributed by atoms with Crippen LogP contribution in [-0.4, -0.2) is 73.3 Å². The average Bonchev–Trinajstić information content (AvgIpc) is 3.06. The number of aryl methyl sites for hydroxylation is 1. The third kappa shape index (κ3) is 3.93. The molecule has 2 fully saturated rings. The van der Waals surface area contributed by atoms with E-state index in [2.05, 4.69) is 10.00 Å². The van der Waals surface area contributed by atoms with Gasteiger partial charge in [0.05, 0.1) is 19.4 Å². The van der Waals surface area contributed by atoms with Gasteiger partial charge in [0.2, 0.25) is 10.0 Å². The van der Waals surface area contributed by atoms with Crippen molar-refractivity contribution in [2.24, 2.45) is 5.92 Å². The van der Waals surface area contributed by atoms with Crippen molar-refractivity contribution in [1.29, 1.82) is 0 Å². The fourth-order valence-electron chi connectivity index (χ4n) is 3.34. The number of morpholine rings is 1. The van der Waals surface area contributed by atoms with Crippen LogP contribution in [0.3, 0.4) is 0 Å². The molecule has 1 atom stereocenters. The molecule has 2 saturated heterocycles. The molecule has 23 heavy (non-hydrogen) atoms. The van der Waals surface area contributed by atoms with Crippen molar-refractivity contribution in [3.05, 3.63) is 12.4 Å². The Morgan fingerprint density at radius 1 is 1.30 bits per heavy atom. The van der Waals surface area contributed by atoms with E-state index in [1.807, 2.05) is 6.92 Å². The van der Waals surface area contributed by atoms with Gasteiger partial charge in [0, 0.05) is 45.5 Å². The first-order valence-electron chi connectivity index (χ1n) is 8.42. The van der Waals surface area contributed by atoms with Gasteiger partial charge in [-0.15, -0.1) is 0 Å². The van der Waals surface area contributed by atoms with Gasteiger partial charge in [-0.3, -0.25) is 9.58 Å². The van der Waals surface area contributed by atoms with Crippen LogP contribution in [-0.2, 0) is 21.3 Å². The predicted molar refractivity (Wildman–Crippen MR) is 86.6 cm³/mol. The van der Waals surface area contributed by atoms with Crippen molar-refractivity contribution >= 4 is 10.0 Å². The third-order valence-electron chi connectivity index (χ3n) is 4.67. The first-order chi connectivity index (χ1) is 11.1. The first kappa shape index (κ1) is 16.9. The minimum absolute atomic E-state index is 0.311. The Labute approximate surface area is 138 Å². The van der Waals surface area contributed by atoms with Gasteiger partial charge in [-0.2, -0.15) is 9.40 Å². The van der Waals surface area contributed by atoms with Crippen molar-refractivity contribution in [1.82, 2.24) is 19.0 Å². The highest BCUT2D eigenvalue weighted by Gasteiger charge is 2.32. The molecule has 1 aromatic heterocycles. The zero-order chi connectivity index (χ0) is 16.3. The number of piperidine rings is 1. The van der Waals surface area contributed by atoms with Crippen LogP contribution in [0.4, 0.5) is 0 Å². The van der Waals surface area contributed by atoms with Crippen LogP contribution in [0.25, 0.3) is 0 Å². The monoisotopic (exact) mass is 342 g/mol. The van der Waals surface area contributed by atoms with E-state index in [4.69, 9.17) is 4.74 Å². The van der Waals surface area contributed by atoms with Crippen LogP contribution in [0.1, 0.15) is 19.8 Å². The maximum atomic E-state index is 12.8. The number of nitrogens with zero attached hydrogens (tertiary/aromatic N) is 4. The zero-order valence-corrected chi connectivity index (χ0v) is 14.5. The molecule has 0 aliphatic carbocycles. The fourth-order valence-corrected chi connectivity index (χ4v) is 4.85. The largest absolute Gasteiger partial charge is 0.379 e. The summed E-state index contributed by atoms with van der Waals surface area (Å²) in [4.78, 5) is 2.70. The molecule has 0 radical (unpaired) electrons. The lowest BCUT2D eigenvalue weighted by Crippen LogP contribution is -2.46. The molecule has 0 spiro atoms. The molecule has 1 aromatic rings.